The normalized spacial score (nSPS) is 11.6. The highest BCUT2D eigenvalue weighted by Gasteiger charge is 2.29. The number of alkyl halides is 3. The predicted molar refractivity (Wildman–Crippen MR) is 107 cm³/mol. The first-order valence-corrected chi connectivity index (χ1v) is 9.21. The fourth-order valence-electron chi connectivity index (χ4n) is 3.22. The third kappa shape index (κ3) is 4.23. The van der Waals surface area contributed by atoms with E-state index < -0.39 is 18.7 Å². The molecule has 0 fully saturated rings. The van der Waals surface area contributed by atoms with Crippen molar-refractivity contribution in [3.05, 3.63) is 60.0 Å². The van der Waals surface area contributed by atoms with E-state index in [-0.39, 0.29) is 17.0 Å². The van der Waals surface area contributed by atoms with Gasteiger partial charge in [-0.2, -0.15) is 18.3 Å². The molecule has 0 saturated heterocycles. The zero-order valence-electron chi connectivity index (χ0n) is 16.5. The lowest BCUT2D eigenvalue weighted by molar-refractivity contribution is -0.153. The molecular formula is C21H17F3N4O3. The number of halogens is 3. The van der Waals surface area contributed by atoms with E-state index in [4.69, 9.17) is 9.15 Å². The van der Waals surface area contributed by atoms with E-state index in [1.807, 2.05) is 0 Å². The van der Waals surface area contributed by atoms with Crippen LogP contribution in [-0.2, 0) is 7.05 Å². The van der Waals surface area contributed by atoms with Gasteiger partial charge in [0.2, 0.25) is 0 Å². The van der Waals surface area contributed by atoms with E-state index in [0.29, 0.717) is 28.2 Å². The van der Waals surface area contributed by atoms with Gasteiger partial charge in [0.05, 0.1) is 28.6 Å². The second-order valence-corrected chi connectivity index (χ2v) is 6.79. The van der Waals surface area contributed by atoms with Gasteiger partial charge in [0, 0.05) is 7.05 Å². The van der Waals surface area contributed by atoms with Crippen LogP contribution >= 0.6 is 0 Å². The first-order valence-electron chi connectivity index (χ1n) is 9.21. The Balaban J connectivity index is 1.74. The van der Waals surface area contributed by atoms with Gasteiger partial charge >= 0.3 is 6.18 Å². The smallest absolute Gasteiger partial charge is 0.422 e. The Morgan fingerprint density at radius 1 is 1.23 bits per heavy atom. The second-order valence-electron chi connectivity index (χ2n) is 6.79. The summed E-state index contributed by atoms with van der Waals surface area (Å²) in [6.07, 6.45) is -3.01. The Labute approximate surface area is 174 Å². The van der Waals surface area contributed by atoms with Crippen molar-refractivity contribution < 1.29 is 27.1 Å². The van der Waals surface area contributed by atoms with Crippen LogP contribution in [0.2, 0.25) is 0 Å². The number of carbonyl (C=O) groups is 1. The highest BCUT2D eigenvalue weighted by Crippen LogP contribution is 2.30. The van der Waals surface area contributed by atoms with E-state index in [2.05, 4.69) is 15.4 Å². The summed E-state index contributed by atoms with van der Waals surface area (Å²) in [5, 5.41) is 7.50. The number of pyridine rings is 1. The number of nitrogens with zero attached hydrogens (tertiary/aromatic N) is 3. The maximum absolute atomic E-state index is 13.2. The Kier molecular flexibility index (Phi) is 5.14. The summed E-state index contributed by atoms with van der Waals surface area (Å²) in [5.41, 5.74) is 1.85. The van der Waals surface area contributed by atoms with Gasteiger partial charge < -0.3 is 14.5 Å². The maximum atomic E-state index is 13.2. The van der Waals surface area contributed by atoms with Crippen molar-refractivity contribution in [2.24, 2.45) is 7.05 Å². The van der Waals surface area contributed by atoms with Crippen molar-refractivity contribution in [2.45, 2.75) is 13.1 Å². The molecule has 0 spiro atoms. The molecule has 31 heavy (non-hydrogen) atoms. The van der Waals surface area contributed by atoms with Gasteiger partial charge in [-0.1, -0.05) is 12.1 Å². The Hall–Kier alpha value is -3.82. The lowest BCUT2D eigenvalue weighted by atomic mass is 10.1. The number of furan rings is 1. The van der Waals surface area contributed by atoms with Gasteiger partial charge in [-0.15, -0.1) is 0 Å². The van der Waals surface area contributed by atoms with Crippen LogP contribution in [0.5, 0.6) is 5.75 Å². The quantitative estimate of drug-likeness (QED) is 0.495. The van der Waals surface area contributed by atoms with E-state index in [9.17, 15) is 18.0 Å². The number of hydrogen-bond donors (Lipinski definition) is 1. The largest absolute Gasteiger partial charge is 0.482 e. The van der Waals surface area contributed by atoms with Gasteiger partial charge in [-0.25, -0.2) is 4.98 Å². The summed E-state index contributed by atoms with van der Waals surface area (Å²) in [6.45, 7) is 0.275. The molecule has 0 radical (unpaired) electrons. The molecule has 1 amide bonds. The zero-order valence-corrected chi connectivity index (χ0v) is 16.5. The van der Waals surface area contributed by atoms with Crippen molar-refractivity contribution in [1.29, 1.82) is 0 Å². The molecule has 1 N–H and O–H groups in total. The summed E-state index contributed by atoms with van der Waals surface area (Å²) in [5.74, 6) is -0.171. The minimum Gasteiger partial charge on any atom is -0.482 e. The molecule has 7 nitrogen and oxygen atoms in total. The molecular weight excluding hydrogens is 413 g/mol. The summed E-state index contributed by atoms with van der Waals surface area (Å²) in [6, 6.07) is 10.9. The predicted octanol–water partition coefficient (Wildman–Crippen LogP) is 4.73. The summed E-state index contributed by atoms with van der Waals surface area (Å²) in [4.78, 5) is 17.7. The summed E-state index contributed by atoms with van der Waals surface area (Å²) >= 11 is 0. The van der Waals surface area contributed by atoms with E-state index in [0.717, 1.165) is 0 Å². The molecule has 3 heterocycles. The Morgan fingerprint density at radius 3 is 2.71 bits per heavy atom. The van der Waals surface area contributed by atoms with Gasteiger partial charge in [0.1, 0.15) is 11.4 Å². The second kappa shape index (κ2) is 7.78. The third-order valence-corrected chi connectivity index (χ3v) is 4.51. The Bertz CT molecular complexity index is 1250. The average molecular weight is 430 g/mol. The van der Waals surface area contributed by atoms with E-state index >= 15 is 0 Å². The fraction of sp³-hybridized carbons (Fsp3) is 0.190. The number of hydrogen-bond acceptors (Lipinski definition) is 5. The number of ether oxygens (including phenoxy) is 1. The number of carbonyl (C=O) groups excluding carboxylic acids is 1. The lowest BCUT2D eigenvalue weighted by Crippen LogP contribution is -2.20. The average Bonchev–Trinajstić information content (AvgIpc) is 3.35. The number of anilines is 1. The number of fused-ring (bicyclic) bond motifs is 1. The number of benzene rings is 1. The van der Waals surface area contributed by atoms with Crippen LogP contribution in [0.25, 0.3) is 22.5 Å². The third-order valence-electron chi connectivity index (χ3n) is 4.51. The molecule has 0 unspecified atom stereocenters. The highest BCUT2D eigenvalue weighted by atomic mass is 19.4. The van der Waals surface area contributed by atoms with Crippen LogP contribution in [-0.4, -0.2) is 33.5 Å². The standard InChI is InChI=1S/C21H17F3N4O3/c1-12-18-13(10-15(17-8-5-9-30-17)25-19(18)28(2)27-12)20(29)26-14-6-3-4-7-16(14)31-11-21(22,23)24/h3-10H,11H2,1-2H3,(H,26,29). The van der Waals surface area contributed by atoms with Crippen molar-refractivity contribution in [3.63, 3.8) is 0 Å². The van der Waals surface area contributed by atoms with Gasteiger partial charge in [-0.05, 0) is 37.3 Å². The number of para-hydroxylation sites is 2. The maximum Gasteiger partial charge on any atom is 0.422 e. The summed E-state index contributed by atoms with van der Waals surface area (Å²) < 4.78 is 49.5. The first-order chi connectivity index (χ1) is 14.7. The number of aryl methyl sites for hydroxylation is 2. The van der Waals surface area contributed by atoms with Crippen molar-refractivity contribution in [3.8, 4) is 17.2 Å². The van der Waals surface area contributed by atoms with Crippen LogP contribution in [0.3, 0.4) is 0 Å². The number of nitrogens with one attached hydrogen (secondary N) is 1. The molecule has 0 aliphatic rings. The van der Waals surface area contributed by atoms with Gasteiger partial charge in [-0.3, -0.25) is 9.48 Å². The summed E-state index contributed by atoms with van der Waals surface area (Å²) in [7, 11) is 1.70. The molecule has 0 atom stereocenters. The topological polar surface area (TPSA) is 82.2 Å². The van der Waals surface area contributed by atoms with E-state index in [1.54, 1.807) is 42.9 Å². The van der Waals surface area contributed by atoms with Crippen LogP contribution < -0.4 is 10.1 Å². The SMILES string of the molecule is Cc1nn(C)c2nc(-c3ccco3)cc(C(=O)Nc3ccccc3OCC(F)(F)F)c12. The molecule has 1 aromatic carbocycles. The van der Waals surface area contributed by atoms with Crippen LogP contribution in [0.1, 0.15) is 16.1 Å². The van der Waals surface area contributed by atoms with Crippen molar-refractivity contribution >= 4 is 22.6 Å². The number of aromatic nitrogens is 3. The van der Waals surface area contributed by atoms with Crippen LogP contribution in [0, 0.1) is 6.92 Å². The van der Waals surface area contributed by atoms with Gasteiger partial charge in [0.15, 0.2) is 18.0 Å². The molecule has 10 heteroatoms. The molecule has 3 aromatic heterocycles. The molecule has 0 saturated carbocycles. The van der Waals surface area contributed by atoms with Crippen LogP contribution in [0.15, 0.2) is 53.1 Å². The molecule has 160 valence electrons. The molecule has 0 bridgehead atoms. The Morgan fingerprint density at radius 2 is 2.00 bits per heavy atom. The number of amides is 1. The lowest BCUT2D eigenvalue weighted by Gasteiger charge is -2.14. The molecule has 0 aliphatic carbocycles. The highest BCUT2D eigenvalue weighted by molar-refractivity contribution is 6.13. The van der Waals surface area contributed by atoms with E-state index in [1.165, 1.54) is 24.5 Å². The molecule has 4 rings (SSSR count). The van der Waals surface area contributed by atoms with Crippen molar-refractivity contribution in [1.82, 2.24) is 14.8 Å². The van der Waals surface area contributed by atoms with Crippen LogP contribution in [0.4, 0.5) is 18.9 Å². The van der Waals surface area contributed by atoms with Crippen molar-refractivity contribution in [2.75, 3.05) is 11.9 Å². The minimum absolute atomic E-state index is 0.0901. The zero-order chi connectivity index (χ0) is 22.2. The molecule has 4 aromatic rings. The first kappa shape index (κ1) is 20.5. The van der Waals surface area contributed by atoms with Gasteiger partial charge in [0.25, 0.3) is 5.91 Å². The molecule has 0 aliphatic heterocycles. The number of rotatable bonds is 5. The fourth-order valence-corrected chi connectivity index (χ4v) is 3.22. The monoisotopic (exact) mass is 430 g/mol. The minimum atomic E-state index is -4.50.